The van der Waals surface area contributed by atoms with E-state index < -0.39 is 17.5 Å². The minimum Gasteiger partial charge on any atom is -0.404 e. The molecule has 3 aliphatic heterocycles. The van der Waals surface area contributed by atoms with Crippen LogP contribution < -0.4 is 9.64 Å². The highest BCUT2D eigenvalue weighted by Gasteiger charge is 2.51. The Labute approximate surface area is 302 Å². The number of rotatable bonds is 7. The maximum Gasteiger partial charge on any atom is 0.573 e. The highest BCUT2D eigenvalue weighted by atomic mass is 19.4. The summed E-state index contributed by atoms with van der Waals surface area (Å²) < 4.78 is 44.2. The Morgan fingerprint density at radius 3 is 2.51 bits per heavy atom. The zero-order valence-corrected chi connectivity index (χ0v) is 28.7. The fourth-order valence-corrected chi connectivity index (χ4v) is 7.66. The molecular weight excluding hydrogens is 687 g/mol. The molecule has 0 saturated carbocycles. The van der Waals surface area contributed by atoms with Crippen LogP contribution in [0, 0.1) is 16.7 Å². The fraction of sp³-hybridized carbons (Fsp3) is 0.316. The smallest absolute Gasteiger partial charge is 0.404 e. The van der Waals surface area contributed by atoms with Crippen LogP contribution >= 0.6 is 0 Å². The van der Waals surface area contributed by atoms with Gasteiger partial charge in [-0.15, -0.1) is 13.2 Å². The first-order valence-electron chi connectivity index (χ1n) is 17.2. The molecule has 8 rings (SSSR count). The number of H-pyrrole nitrogens is 1. The van der Waals surface area contributed by atoms with Gasteiger partial charge in [0.05, 0.1) is 23.0 Å². The number of benzene rings is 3. The Kier molecular flexibility index (Phi) is 8.49. The number of nitrogens with one attached hydrogen (secondary N) is 1. The monoisotopic (exact) mass is 721 g/mol. The average molecular weight is 722 g/mol. The van der Waals surface area contributed by atoms with Crippen molar-refractivity contribution in [2.45, 2.75) is 25.6 Å². The number of nitrogens with zero attached hydrogens (tertiary/aromatic N) is 8. The molecule has 12 nitrogen and oxygen atoms in total. The third kappa shape index (κ3) is 6.62. The number of hydrogen-bond donors (Lipinski definition) is 1. The van der Waals surface area contributed by atoms with Crippen LogP contribution in [0.1, 0.15) is 30.4 Å². The molecule has 1 N–H and O–H groups in total. The summed E-state index contributed by atoms with van der Waals surface area (Å²) in [6, 6.07) is 19.2. The summed E-state index contributed by atoms with van der Waals surface area (Å²) in [5, 5.41) is 21.8. The van der Waals surface area contributed by atoms with Gasteiger partial charge in [-0.25, -0.2) is 4.98 Å². The van der Waals surface area contributed by atoms with Crippen LogP contribution in [0.3, 0.4) is 0 Å². The van der Waals surface area contributed by atoms with Gasteiger partial charge in [0.2, 0.25) is 11.8 Å². The predicted molar refractivity (Wildman–Crippen MR) is 189 cm³/mol. The van der Waals surface area contributed by atoms with Crippen molar-refractivity contribution in [3.05, 3.63) is 84.2 Å². The van der Waals surface area contributed by atoms with E-state index in [4.69, 9.17) is 0 Å². The quantitative estimate of drug-likeness (QED) is 0.232. The van der Waals surface area contributed by atoms with E-state index in [0.29, 0.717) is 79.2 Å². The first-order chi connectivity index (χ1) is 25.5. The number of ether oxygens (including phenoxy) is 1. The summed E-state index contributed by atoms with van der Waals surface area (Å²) in [7, 11) is 1.84. The summed E-state index contributed by atoms with van der Waals surface area (Å²) in [5.74, 6) is 0.141. The molecule has 2 amide bonds. The van der Waals surface area contributed by atoms with Gasteiger partial charge >= 0.3 is 6.36 Å². The SMILES string of the molecule is Cn1cnc(-c2ccc(C3=CCN(C(=O)CN4CCC5(CCN(c6ccc7[nH]nc(-c8ccc(OC(F)(F)F)c(C#N)c8)c7c6)C5=O)C4)CC3)cc2)n1. The maximum absolute atomic E-state index is 14.0. The number of nitriles is 1. The first kappa shape index (κ1) is 34.1. The van der Waals surface area contributed by atoms with Crippen LogP contribution in [-0.4, -0.2) is 92.2 Å². The number of fused-ring (bicyclic) bond motifs is 1. The van der Waals surface area contributed by atoms with Crippen molar-refractivity contribution in [3.8, 4) is 34.5 Å². The van der Waals surface area contributed by atoms with Gasteiger partial charge in [0.1, 0.15) is 23.8 Å². The second kappa shape index (κ2) is 13.2. The lowest BCUT2D eigenvalue weighted by molar-refractivity contribution is -0.274. The highest BCUT2D eigenvalue weighted by molar-refractivity contribution is 6.03. The second-order valence-corrected chi connectivity index (χ2v) is 13.8. The van der Waals surface area contributed by atoms with E-state index >= 15 is 0 Å². The molecule has 270 valence electrons. The molecular formula is C38H34F3N9O3. The number of alkyl halides is 3. The lowest BCUT2D eigenvalue weighted by Gasteiger charge is -2.29. The molecule has 1 atom stereocenters. The molecule has 2 aromatic heterocycles. The van der Waals surface area contributed by atoms with E-state index in [0.717, 1.165) is 23.6 Å². The summed E-state index contributed by atoms with van der Waals surface area (Å²) >= 11 is 0. The number of carbonyl (C=O) groups excluding carboxylic acids is 2. The standard InChI is InChI=1S/C38H34F3N9O3/c1-47-23-43-35(46-47)26-4-2-24(3-5-26)25-10-14-49(15-11-25)33(51)21-48-16-12-37(22-48)13-17-50(36(37)52)29-7-8-31-30(19-29)34(45-44-31)27-6-9-32(28(18-27)20-42)53-38(39,40)41/h2-10,18-19,23H,11-17,21-22H2,1H3,(H,44,45). The summed E-state index contributed by atoms with van der Waals surface area (Å²) in [6.07, 6.45) is 0.921. The van der Waals surface area contributed by atoms with Crippen molar-refractivity contribution in [2.24, 2.45) is 12.5 Å². The molecule has 1 spiro atoms. The number of halogens is 3. The lowest BCUT2D eigenvalue weighted by atomic mass is 9.85. The van der Waals surface area contributed by atoms with Crippen LogP contribution in [0.5, 0.6) is 5.75 Å². The molecule has 0 bridgehead atoms. The Morgan fingerprint density at radius 1 is 1.02 bits per heavy atom. The van der Waals surface area contributed by atoms with Crippen LogP contribution in [0.25, 0.3) is 39.1 Å². The van der Waals surface area contributed by atoms with E-state index in [9.17, 15) is 28.0 Å². The van der Waals surface area contributed by atoms with Crippen LogP contribution in [0.2, 0.25) is 0 Å². The van der Waals surface area contributed by atoms with E-state index in [1.165, 1.54) is 17.7 Å². The van der Waals surface area contributed by atoms with Gasteiger partial charge < -0.3 is 14.5 Å². The first-order valence-corrected chi connectivity index (χ1v) is 17.2. The molecule has 5 heterocycles. The molecule has 2 saturated heterocycles. The number of amides is 2. The number of anilines is 1. The van der Waals surface area contributed by atoms with E-state index in [-0.39, 0.29) is 23.9 Å². The molecule has 2 fully saturated rings. The van der Waals surface area contributed by atoms with Crippen molar-refractivity contribution in [1.29, 1.82) is 5.26 Å². The lowest BCUT2D eigenvalue weighted by Crippen LogP contribution is -2.43. The molecule has 53 heavy (non-hydrogen) atoms. The van der Waals surface area contributed by atoms with Crippen LogP contribution in [-0.2, 0) is 16.6 Å². The fourth-order valence-electron chi connectivity index (χ4n) is 7.66. The third-order valence-electron chi connectivity index (χ3n) is 10.4. The van der Waals surface area contributed by atoms with Gasteiger partial charge in [0.15, 0.2) is 5.82 Å². The zero-order chi connectivity index (χ0) is 36.9. The maximum atomic E-state index is 14.0. The number of hydrogen-bond acceptors (Lipinski definition) is 8. The zero-order valence-electron chi connectivity index (χ0n) is 28.7. The van der Waals surface area contributed by atoms with Gasteiger partial charge in [-0.05, 0) is 73.3 Å². The van der Waals surface area contributed by atoms with Crippen molar-refractivity contribution < 1.29 is 27.5 Å². The molecule has 0 aliphatic carbocycles. The highest BCUT2D eigenvalue weighted by Crippen LogP contribution is 2.43. The van der Waals surface area contributed by atoms with Gasteiger partial charge in [-0.3, -0.25) is 24.3 Å². The van der Waals surface area contributed by atoms with Gasteiger partial charge in [-0.2, -0.15) is 15.5 Å². The Hall–Kier alpha value is -6.01. The minimum atomic E-state index is -4.93. The summed E-state index contributed by atoms with van der Waals surface area (Å²) in [5.41, 5.74) is 4.60. The number of carbonyl (C=O) groups is 2. The Morgan fingerprint density at radius 2 is 1.79 bits per heavy atom. The molecule has 3 aromatic carbocycles. The van der Waals surface area contributed by atoms with Crippen LogP contribution in [0.15, 0.2) is 73.1 Å². The third-order valence-corrected chi connectivity index (χ3v) is 10.4. The number of likely N-dealkylation sites (tertiary alicyclic amines) is 1. The Balaban J connectivity index is 0.905. The number of aromatic amines is 1. The Bertz CT molecular complexity index is 2310. The summed E-state index contributed by atoms with van der Waals surface area (Å²) in [4.78, 5) is 37.5. The summed E-state index contributed by atoms with van der Waals surface area (Å²) in [6.45, 7) is 3.08. The van der Waals surface area contributed by atoms with E-state index in [1.54, 1.807) is 28.0 Å². The van der Waals surface area contributed by atoms with Crippen molar-refractivity contribution in [2.75, 3.05) is 44.2 Å². The van der Waals surface area contributed by atoms with Crippen molar-refractivity contribution in [3.63, 3.8) is 0 Å². The molecule has 5 aromatic rings. The number of aromatic nitrogens is 5. The van der Waals surface area contributed by atoms with E-state index in [1.807, 2.05) is 36.2 Å². The number of aryl methyl sites for hydroxylation is 1. The van der Waals surface area contributed by atoms with Gasteiger partial charge in [0.25, 0.3) is 0 Å². The molecule has 3 aliphatic rings. The predicted octanol–water partition coefficient (Wildman–Crippen LogP) is 5.54. The molecule has 0 radical (unpaired) electrons. The second-order valence-electron chi connectivity index (χ2n) is 13.8. The minimum absolute atomic E-state index is 0.00709. The topological polar surface area (TPSA) is 136 Å². The normalized spacial score (nSPS) is 19.3. The molecule has 1 unspecified atom stereocenters. The average Bonchev–Trinajstić information content (AvgIpc) is 3.95. The molecule has 15 heteroatoms. The van der Waals surface area contributed by atoms with Crippen LogP contribution in [0.4, 0.5) is 18.9 Å². The van der Waals surface area contributed by atoms with Gasteiger partial charge in [0, 0.05) is 55.4 Å². The van der Waals surface area contributed by atoms with Gasteiger partial charge in [-0.1, -0.05) is 30.3 Å². The van der Waals surface area contributed by atoms with Crippen molar-refractivity contribution in [1.82, 2.24) is 34.8 Å². The van der Waals surface area contributed by atoms with E-state index in [2.05, 4.69) is 48.1 Å². The van der Waals surface area contributed by atoms with Crippen molar-refractivity contribution >= 4 is 34.0 Å². The largest absolute Gasteiger partial charge is 0.573 e.